The molecular formula is C30H21N5. The van der Waals surface area contributed by atoms with Crippen molar-refractivity contribution in [3.63, 3.8) is 0 Å². The molecule has 0 unspecified atom stereocenters. The number of hydrogen-bond donors (Lipinski definition) is 0. The van der Waals surface area contributed by atoms with Gasteiger partial charge in [-0.25, -0.2) is 4.98 Å². The summed E-state index contributed by atoms with van der Waals surface area (Å²) in [6.07, 6.45) is 2.85. The highest BCUT2D eigenvalue weighted by Crippen LogP contribution is 2.34. The number of aliphatic imine (C=N–C) groups is 1. The lowest BCUT2D eigenvalue weighted by Crippen LogP contribution is -2.07. The normalized spacial score (nSPS) is 12.8. The van der Waals surface area contributed by atoms with E-state index in [2.05, 4.69) is 46.0 Å². The minimum atomic E-state index is 0.619. The largest absolute Gasteiger partial charge is 0.292 e. The summed E-state index contributed by atoms with van der Waals surface area (Å²) in [5.74, 6) is 1.93. The molecule has 0 radical (unpaired) electrons. The first kappa shape index (κ1) is 19.8. The van der Waals surface area contributed by atoms with Crippen molar-refractivity contribution < 1.29 is 0 Å². The van der Waals surface area contributed by atoms with Crippen LogP contribution in [0.1, 0.15) is 11.1 Å². The van der Waals surface area contributed by atoms with Crippen molar-refractivity contribution in [1.29, 1.82) is 0 Å². The molecule has 4 aromatic carbocycles. The molecule has 0 bridgehead atoms. The Morgan fingerprint density at radius 3 is 1.94 bits per heavy atom. The Kier molecular flexibility index (Phi) is 4.52. The summed E-state index contributed by atoms with van der Waals surface area (Å²) < 4.78 is 2.18. The first-order chi connectivity index (χ1) is 17.3. The van der Waals surface area contributed by atoms with E-state index in [1.165, 1.54) is 21.9 Å². The van der Waals surface area contributed by atoms with Gasteiger partial charge in [0.25, 0.3) is 0 Å². The highest BCUT2D eigenvalue weighted by molar-refractivity contribution is 6.09. The van der Waals surface area contributed by atoms with Gasteiger partial charge in [-0.05, 0) is 29.3 Å². The van der Waals surface area contributed by atoms with Crippen molar-refractivity contribution in [2.24, 2.45) is 4.99 Å². The van der Waals surface area contributed by atoms with Crippen LogP contribution in [0.2, 0.25) is 0 Å². The maximum Gasteiger partial charge on any atom is 0.238 e. The Labute approximate surface area is 202 Å². The highest BCUT2D eigenvalue weighted by atomic mass is 15.2. The van der Waals surface area contributed by atoms with Crippen molar-refractivity contribution in [2.45, 2.75) is 13.0 Å². The second-order valence-corrected chi connectivity index (χ2v) is 8.73. The molecule has 0 aliphatic carbocycles. The topological polar surface area (TPSA) is 56.0 Å². The van der Waals surface area contributed by atoms with E-state index < -0.39 is 0 Å². The van der Waals surface area contributed by atoms with Crippen molar-refractivity contribution >= 4 is 28.0 Å². The molecule has 5 heteroatoms. The van der Waals surface area contributed by atoms with E-state index in [1.54, 1.807) is 0 Å². The molecule has 3 heterocycles. The summed E-state index contributed by atoms with van der Waals surface area (Å²) >= 11 is 0. The lowest BCUT2D eigenvalue weighted by molar-refractivity contribution is 0.950. The third kappa shape index (κ3) is 3.32. The molecule has 0 fully saturated rings. The molecule has 0 amide bonds. The predicted octanol–water partition coefficient (Wildman–Crippen LogP) is 6.43. The van der Waals surface area contributed by atoms with Gasteiger partial charge in [-0.2, -0.15) is 9.97 Å². The fraction of sp³-hybridized carbons (Fsp3) is 0.0667. The molecule has 6 aromatic rings. The summed E-state index contributed by atoms with van der Waals surface area (Å²) in [5, 5.41) is 2.38. The van der Waals surface area contributed by atoms with Gasteiger partial charge in [0.1, 0.15) is 0 Å². The van der Waals surface area contributed by atoms with E-state index in [-0.39, 0.29) is 0 Å². The van der Waals surface area contributed by atoms with Gasteiger partial charge in [-0.3, -0.25) is 9.56 Å². The molecule has 1 aliphatic rings. The third-order valence-electron chi connectivity index (χ3n) is 6.58. The van der Waals surface area contributed by atoms with Crippen LogP contribution in [-0.4, -0.2) is 25.7 Å². The number of nitrogens with zero attached hydrogens (tertiary/aromatic N) is 5. The standard InChI is InChI=1S/C30H21N5/c1-3-9-20(10-4-1)28-32-29(21-11-5-2-6-12-21)34-30(33-28)35-26-14-8-7-13-24(26)25-17-23-19-31-16-15-22(23)18-27(25)35/h1-14,16-18H,15,19H2. The molecule has 0 atom stereocenters. The zero-order valence-electron chi connectivity index (χ0n) is 19.0. The zero-order valence-corrected chi connectivity index (χ0v) is 19.0. The first-order valence-electron chi connectivity index (χ1n) is 11.8. The minimum Gasteiger partial charge on any atom is -0.292 e. The number of rotatable bonds is 3. The van der Waals surface area contributed by atoms with Crippen LogP contribution in [-0.2, 0) is 13.0 Å². The van der Waals surface area contributed by atoms with Gasteiger partial charge in [0.2, 0.25) is 5.95 Å². The number of hydrogen-bond acceptors (Lipinski definition) is 4. The molecule has 7 rings (SSSR count). The molecule has 0 spiro atoms. The van der Waals surface area contributed by atoms with Gasteiger partial charge in [0.05, 0.1) is 17.6 Å². The number of aromatic nitrogens is 4. The van der Waals surface area contributed by atoms with E-state index in [1.807, 2.05) is 66.9 Å². The summed E-state index contributed by atoms with van der Waals surface area (Å²) in [6, 6.07) is 33.2. The first-order valence-corrected chi connectivity index (χ1v) is 11.8. The van der Waals surface area contributed by atoms with Crippen LogP contribution in [0.4, 0.5) is 0 Å². The lowest BCUT2D eigenvalue weighted by atomic mass is 9.99. The van der Waals surface area contributed by atoms with Crippen LogP contribution in [0.3, 0.4) is 0 Å². The van der Waals surface area contributed by atoms with E-state index >= 15 is 0 Å². The summed E-state index contributed by atoms with van der Waals surface area (Å²) in [5.41, 5.74) is 6.69. The second kappa shape index (κ2) is 7.99. The van der Waals surface area contributed by atoms with E-state index in [0.29, 0.717) is 17.6 Å². The number of para-hydroxylation sites is 1. The second-order valence-electron chi connectivity index (χ2n) is 8.73. The Hall–Kier alpha value is -4.64. The smallest absolute Gasteiger partial charge is 0.238 e. The Morgan fingerprint density at radius 1 is 0.571 bits per heavy atom. The number of fused-ring (bicyclic) bond motifs is 4. The van der Waals surface area contributed by atoms with Gasteiger partial charge in [0, 0.05) is 34.5 Å². The van der Waals surface area contributed by atoms with Crippen LogP contribution in [0.25, 0.3) is 50.5 Å². The summed E-state index contributed by atoms with van der Waals surface area (Å²) in [4.78, 5) is 19.4. The van der Waals surface area contributed by atoms with Crippen molar-refractivity contribution in [3.05, 3.63) is 108 Å². The van der Waals surface area contributed by atoms with E-state index in [0.717, 1.165) is 35.1 Å². The van der Waals surface area contributed by atoms with Crippen LogP contribution in [0, 0.1) is 0 Å². The maximum absolute atomic E-state index is 5.00. The fourth-order valence-electron chi connectivity index (χ4n) is 4.88. The van der Waals surface area contributed by atoms with Crippen LogP contribution in [0.5, 0.6) is 0 Å². The fourth-order valence-corrected chi connectivity index (χ4v) is 4.88. The SMILES string of the molecule is C1=NCc2cc3c4ccccc4n(-c4nc(-c5ccccc5)nc(-c5ccccc5)n4)c3cc2C1. The summed E-state index contributed by atoms with van der Waals surface area (Å²) in [7, 11) is 0. The third-order valence-corrected chi connectivity index (χ3v) is 6.58. The molecule has 5 nitrogen and oxygen atoms in total. The van der Waals surface area contributed by atoms with E-state index in [9.17, 15) is 0 Å². The van der Waals surface area contributed by atoms with Crippen molar-refractivity contribution in [3.8, 4) is 28.7 Å². The molecule has 2 aromatic heterocycles. The molecule has 0 N–H and O–H groups in total. The average Bonchev–Trinajstić information content (AvgIpc) is 3.26. The zero-order chi connectivity index (χ0) is 23.2. The van der Waals surface area contributed by atoms with Crippen LogP contribution >= 0.6 is 0 Å². The van der Waals surface area contributed by atoms with Crippen molar-refractivity contribution in [1.82, 2.24) is 19.5 Å². The number of benzene rings is 4. The monoisotopic (exact) mass is 451 g/mol. The molecular weight excluding hydrogens is 430 g/mol. The summed E-state index contributed by atoms with van der Waals surface area (Å²) in [6.45, 7) is 0.729. The molecule has 1 aliphatic heterocycles. The Bertz CT molecular complexity index is 1680. The highest BCUT2D eigenvalue weighted by Gasteiger charge is 2.19. The Morgan fingerprint density at radius 2 is 1.23 bits per heavy atom. The van der Waals surface area contributed by atoms with Gasteiger partial charge < -0.3 is 0 Å². The predicted molar refractivity (Wildman–Crippen MR) is 141 cm³/mol. The lowest BCUT2D eigenvalue weighted by Gasteiger charge is -2.13. The Balaban J connectivity index is 1.56. The average molecular weight is 452 g/mol. The molecule has 35 heavy (non-hydrogen) atoms. The van der Waals surface area contributed by atoms with Crippen LogP contribution < -0.4 is 0 Å². The van der Waals surface area contributed by atoms with Gasteiger partial charge in [0.15, 0.2) is 11.6 Å². The quantitative estimate of drug-likeness (QED) is 0.312. The molecule has 0 saturated carbocycles. The van der Waals surface area contributed by atoms with Crippen LogP contribution in [0.15, 0.2) is 102 Å². The van der Waals surface area contributed by atoms with E-state index in [4.69, 9.17) is 15.0 Å². The van der Waals surface area contributed by atoms with Gasteiger partial charge >= 0.3 is 0 Å². The minimum absolute atomic E-state index is 0.619. The maximum atomic E-state index is 5.00. The van der Waals surface area contributed by atoms with Crippen molar-refractivity contribution in [2.75, 3.05) is 0 Å². The molecule has 0 saturated heterocycles. The van der Waals surface area contributed by atoms with Gasteiger partial charge in [-0.15, -0.1) is 0 Å². The molecule has 166 valence electrons. The van der Waals surface area contributed by atoms with Gasteiger partial charge in [-0.1, -0.05) is 78.9 Å².